The van der Waals surface area contributed by atoms with Crippen molar-refractivity contribution in [1.29, 1.82) is 0 Å². The minimum absolute atomic E-state index is 0.124. The largest absolute Gasteiger partial charge is 0.459 e. The van der Waals surface area contributed by atoms with Crippen LogP contribution in [-0.4, -0.2) is 35.6 Å². The van der Waals surface area contributed by atoms with Crippen LogP contribution in [0.3, 0.4) is 0 Å². The third-order valence-electron chi connectivity index (χ3n) is 3.05. The molecule has 1 aromatic carbocycles. The highest BCUT2D eigenvalue weighted by Crippen LogP contribution is 2.18. The van der Waals surface area contributed by atoms with Gasteiger partial charge in [-0.25, -0.2) is 4.99 Å². The van der Waals surface area contributed by atoms with E-state index in [0.29, 0.717) is 11.1 Å². The van der Waals surface area contributed by atoms with Gasteiger partial charge in [-0.2, -0.15) is 4.98 Å². The van der Waals surface area contributed by atoms with Crippen molar-refractivity contribution in [1.82, 2.24) is 10.3 Å². The molecule has 0 spiro atoms. The van der Waals surface area contributed by atoms with E-state index in [1.54, 1.807) is 12.1 Å². The van der Waals surface area contributed by atoms with Crippen LogP contribution < -0.4 is 10.6 Å². The van der Waals surface area contributed by atoms with Gasteiger partial charge in [-0.05, 0) is 17.7 Å². The van der Waals surface area contributed by atoms with Gasteiger partial charge in [-0.1, -0.05) is 17.2 Å². The number of aliphatic imine (C=N–C) groups is 1. The molecule has 0 fully saturated rings. The van der Waals surface area contributed by atoms with Crippen LogP contribution in [0.15, 0.2) is 38.8 Å². The van der Waals surface area contributed by atoms with Gasteiger partial charge in [0.15, 0.2) is 12.3 Å². The number of benzene rings is 1. The van der Waals surface area contributed by atoms with Gasteiger partial charge < -0.3 is 9.15 Å². The first-order chi connectivity index (χ1) is 11.7. The topological polar surface area (TPSA) is 155 Å². The first-order valence-electron chi connectivity index (χ1n) is 6.83. The Labute approximate surface area is 134 Å². The number of ether oxygens (including phenoxy) is 1. The number of para-hydroxylation sites is 2. The number of amides is 1. The number of nitrogens with one attached hydrogen (secondary N) is 2. The molecule has 0 saturated heterocycles. The van der Waals surface area contributed by atoms with E-state index < -0.39 is 24.6 Å². The van der Waals surface area contributed by atoms with E-state index in [0.717, 1.165) is 0 Å². The zero-order valence-electron chi connectivity index (χ0n) is 12.2. The van der Waals surface area contributed by atoms with E-state index >= 15 is 0 Å². The number of hydrogen-bond acceptors (Lipinski definition) is 8. The third-order valence-corrected chi connectivity index (χ3v) is 3.05. The predicted molar refractivity (Wildman–Crippen MR) is 81.7 cm³/mol. The molecule has 0 bridgehead atoms. The molecule has 0 saturated carbocycles. The van der Waals surface area contributed by atoms with Crippen LogP contribution in [-0.2, 0) is 14.3 Å². The summed E-state index contributed by atoms with van der Waals surface area (Å²) in [5, 5.41) is 8.28. The van der Waals surface area contributed by atoms with Crippen molar-refractivity contribution in [3.63, 3.8) is 0 Å². The molecule has 11 heteroatoms. The molecule has 122 valence electrons. The molecule has 0 radical (unpaired) electrons. The lowest BCUT2D eigenvalue weighted by atomic mass is 10.2. The number of carbonyl (C=O) groups is 2. The maximum atomic E-state index is 11.8. The van der Waals surface area contributed by atoms with Crippen LogP contribution in [0.25, 0.3) is 21.5 Å². The Morgan fingerprint density at radius 3 is 3.12 bits per heavy atom. The molecule has 3 rings (SSSR count). The molecular weight excluding hydrogens is 318 g/mol. The van der Waals surface area contributed by atoms with Gasteiger partial charge in [-0.15, -0.1) is 0 Å². The number of azide groups is 1. The first kappa shape index (κ1) is 15.3. The van der Waals surface area contributed by atoms with Crippen LogP contribution in [0.2, 0.25) is 0 Å². The van der Waals surface area contributed by atoms with Crippen LogP contribution in [0.1, 0.15) is 6.42 Å². The van der Waals surface area contributed by atoms with Crippen LogP contribution >= 0.6 is 0 Å². The summed E-state index contributed by atoms with van der Waals surface area (Å²) in [7, 11) is 0. The minimum atomic E-state index is -0.935. The lowest BCUT2D eigenvalue weighted by molar-refractivity contribution is -0.145. The fourth-order valence-electron chi connectivity index (χ4n) is 2.02. The van der Waals surface area contributed by atoms with Gasteiger partial charge in [0.05, 0.1) is 6.42 Å². The number of hydrogen-bond donors (Lipinski definition) is 2. The standard InChI is InChI=1S/C13H11N7O4/c14-20-15-6-23-10(21)5-8-11(22)18-12(16-8)19-13-17-7-3-1-2-4-9(7)24-13/h1-4,8H,5-6H2,(H2,16,17,18,19,22). The smallest absolute Gasteiger partial charge is 0.308 e. The van der Waals surface area contributed by atoms with E-state index in [2.05, 4.69) is 35.4 Å². The highest BCUT2D eigenvalue weighted by Gasteiger charge is 2.29. The monoisotopic (exact) mass is 329 g/mol. The summed E-state index contributed by atoms with van der Waals surface area (Å²) in [6.07, 6.45) is -0.272. The van der Waals surface area contributed by atoms with Gasteiger partial charge in [0, 0.05) is 4.91 Å². The number of esters is 1. The zero-order chi connectivity index (χ0) is 16.9. The summed E-state index contributed by atoms with van der Waals surface area (Å²) in [5.74, 6) is -1.04. The average Bonchev–Trinajstić information content (AvgIpc) is 3.10. The van der Waals surface area contributed by atoms with Gasteiger partial charge in [-0.3, -0.25) is 20.2 Å². The van der Waals surface area contributed by atoms with Gasteiger partial charge in [0.25, 0.3) is 5.91 Å². The molecule has 1 aromatic heterocycles. The van der Waals surface area contributed by atoms with E-state index in [9.17, 15) is 9.59 Å². The van der Waals surface area contributed by atoms with Crippen molar-refractivity contribution in [3.05, 3.63) is 34.7 Å². The fraction of sp³-hybridized carbons (Fsp3) is 0.231. The Hall–Kier alpha value is -3.59. The fourth-order valence-corrected chi connectivity index (χ4v) is 2.02. The number of fused-ring (bicyclic) bond motifs is 1. The van der Waals surface area contributed by atoms with Crippen molar-refractivity contribution in [2.24, 2.45) is 10.1 Å². The number of guanidine groups is 1. The zero-order valence-corrected chi connectivity index (χ0v) is 12.2. The number of anilines is 1. The Morgan fingerprint density at radius 1 is 1.50 bits per heavy atom. The SMILES string of the molecule is [N-]=[N+]=NCOC(=O)CC1N=C(Nc2nc3ccccc3o2)NC1=O. The summed E-state index contributed by atoms with van der Waals surface area (Å²) in [6, 6.07) is 6.40. The number of aromatic nitrogens is 1. The normalized spacial score (nSPS) is 16.2. The molecule has 2 heterocycles. The summed E-state index contributed by atoms with van der Waals surface area (Å²) in [4.78, 5) is 34.0. The van der Waals surface area contributed by atoms with Crippen molar-refractivity contribution >= 4 is 35.0 Å². The van der Waals surface area contributed by atoms with Crippen LogP contribution in [0.4, 0.5) is 6.01 Å². The molecule has 2 aromatic rings. The Balaban J connectivity index is 1.63. The molecule has 1 aliphatic heterocycles. The molecule has 24 heavy (non-hydrogen) atoms. The van der Waals surface area contributed by atoms with E-state index in [1.165, 1.54) is 0 Å². The minimum Gasteiger partial charge on any atom is -0.459 e. The second kappa shape index (κ2) is 6.67. The van der Waals surface area contributed by atoms with E-state index in [1.807, 2.05) is 12.1 Å². The Bertz CT molecular complexity index is 835. The highest BCUT2D eigenvalue weighted by atomic mass is 16.5. The summed E-state index contributed by atoms with van der Waals surface area (Å²) in [5.41, 5.74) is 9.33. The number of nitrogens with zero attached hydrogens (tertiary/aromatic N) is 5. The average molecular weight is 329 g/mol. The number of carbonyl (C=O) groups excluding carboxylic acids is 2. The molecule has 0 aliphatic carbocycles. The highest BCUT2D eigenvalue weighted by molar-refractivity contribution is 6.10. The van der Waals surface area contributed by atoms with Gasteiger partial charge >= 0.3 is 12.0 Å². The molecule has 11 nitrogen and oxygen atoms in total. The quantitative estimate of drug-likeness (QED) is 0.364. The van der Waals surface area contributed by atoms with Crippen LogP contribution in [0, 0.1) is 0 Å². The first-order valence-corrected chi connectivity index (χ1v) is 6.83. The molecule has 1 amide bonds. The molecule has 2 N–H and O–H groups in total. The van der Waals surface area contributed by atoms with Gasteiger partial charge in [0.2, 0.25) is 5.96 Å². The van der Waals surface area contributed by atoms with Crippen molar-refractivity contribution in [2.45, 2.75) is 12.5 Å². The predicted octanol–water partition coefficient (Wildman–Crippen LogP) is 1.30. The molecular formula is C13H11N7O4. The molecule has 1 unspecified atom stereocenters. The van der Waals surface area contributed by atoms with E-state index in [-0.39, 0.29) is 18.4 Å². The summed E-state index contributed by atoms with van der Waals surface area (Å²) < 4.78 is 10.1. The van der Waals surface area contributed by atoms with E-state index in [4.69, 9.17) is 9.95 Å². The maximum Gasteiger partial charge on any atom is 0.308 e. The lowest BCUT2D eigenvalue weighted by Crippen LogP contribution is -2.33. The van der Waals surface area contributed by atoms with Crippen LogP contribution in [0.5, 0.6) is 0 Å². The summed E-state index contributed by atoms with van der Waals surface area (Å²) in [6.45, 7) is -0.429. The van der Waals surface area contributed by atoms with Crippen molar-refractivity contribution in [3.8, 4) is 0 Å². The second-order valence-electron chi connectivity index (χ2n) is 4.67. The molecule has 1 aliphatic rings. The lowest BCUT2D eigenvalue weighted by Gasteiger charge is -2.03. The number of rotatable bonds is 5. The van der Waals surface area contributed by atoms with Gasteiger partial charge in [0.1, 0.15) is 11.6 Å². The van der Waals surface area contributed by atoms with Crippen molar-refractivity contribution in [2.75, 3.05) is 12.0 Å². The third kappa shape index (κ3) is 3.42. The number of oxazole rings is 1. The summed E-state index contributed by atoms with van der Waals surface area (Å²) >= 11 is 0. The Morgan fingerprint density at radius 2 is 2.33 bits per heavy atom. The Kier molecular flexibility index (Phi) is 4.25. The maximum absolute atomic E-state index is 11.8. The second-order valence-corrected chi connectivity index (χ2v) is 4.67. The van der Waals surface area contributed by atoms with Crippen molar-refractivity contribution < 1.29 is 18.7 Å². The molecule has 1 atom stereocenters.